The van der Waals surface area contributed by atoms with E-state index in [4.69, 9.17) is 9.97 Å². The minimum Gasteiger partial charge on any atom is -0.309 e. The number of rotatable bonds is 3. The summed E-state index contributed by atoms with van der Waals surface area (Å²) in [5.41, 5.74) is 8.52. The van der Waals surface area contributed by atoms with Gasteiger partial charge in [-0.25, -0.2) is 9.97 Å². The Balaban J connectivity index is 1.14. The van der Waals surface area contributed by atoms with Crippen molar-refractivity contribution in [3.8, 4) is 22.9 Å². The van der Waals surface area contributed by atoms with Crippen molar-refractivity contribution in [2.75, 3.05) is 0 Å². The van der Waals surface area contributed by atoms with Crippen molar-refractivity contribution >= 4 is 108 Å². The van der Waals surface area contributed by atoms with Crippen LogP contribution in [0.3, 0.4) is 0 Å². The van der Waals surface area contributed by atoms with Crippen molar-refractivity contribution in [2.45, 2.75) is 0 Å². The molecular formula is C58H34N4. The van der Waals surface area contributed by atoms with E-state index in [0.29, 0.717) is 5.95 Å². The van der Waals surface area contributed by atoms with Gasteiger partial charge in [0, 0.05) is 49.0 Å². The SMILES string of the molecule is c1ccc(-n2c3ccccc3c3cc(-c4nc(-n5c6ccc7ccccc7c6c6c7c8ccccc8c8ccccc8c7ccc65)nc5c4ccc4ccccc45)ccc32)cc1. The lowest BCUT2D eigenvalue weighted by Gasteiger charge is -2.14. The second-order valence-corrected chi connectivity index (χ2v) is 16.5. The van der Waals surface area contributed by atoms with Gasteiger partial charge in [0.05, 0.1) is 33.3 Å². The first-order chi connectivity index (χ1) is 30.8. The van der Waals surface area contributed by atoms with Crippen LogP contribution < -0.4 is 0 Å². The first-order valence-electron chi connectivity index (χ1n) is 21.3. The summed E-state index contributed by atoms with van der Waals surface area (Å²) in [6.45, 7) is 0. The van der Waals surface area contributed by atoms with Gasteiger partial charge in [0.15, 0.2) is 0 Å². The molecule has 4 heteroatoms. The van der Waals surface area contributed by atoms with E-state index in [1.807, 2.05) is 0 Å². The molecule has 0 N–H and O–H groups in total. The minimum atomic E-state index is 0.649. The van der Waals surface area contributed by atoms with Gasteiger partial charge < -0.3 is 4.57 Å². The topological polar surface area (TPSA) is 35.6 Å². The van der Waals surface area contributed by atoms with Gasteiger partial charge in [0.25, 0.3) is 0 Å². The van der Waals surface area contributed by atoms with E-state index in [2.05, 4.69) is 215 Å². The zero-order chi connectivity index (χ0) is 40.5. The van der Waals surface area contributed by atoms with Crippen LogP contribution in [0.15, 0.2) is 206 Å². The van der Waals surface area contributed by atoms with Crippen molar-refractivity contribution in [3.63, 3.8) is 0 Å². The summed E-state index contributed by atoms with van der Waals surface area (Å²) in [4.78, 5) is 11.3. The third kappa shape index (κ3) is 4.55. The molecule has 0 atom stereocenters. The van der Waals surface area contributed by atoms with Gasteiger partial charge in [-0.3, -0.25) is 4.57 Å². The van der Waals surface area contributed by atoms with E-state index in [1.165, 1.54) is 70.2 Å². The maximum atomic E-state index is 5.69. The Morgan fingerprint density at radius 2 is 0.823 bits per heavy atom. The highest BCUT2D eigenvalue weighted by Gasteiger charge is 2.23. The zero-order valence-electron chi connectivity index (χ0n) is 33.4. The lowest BCUT2D eigenvalue weighted by Crippen LogP contribution is -2.04. The number of benzene rings is 11. The molecule has 14 aromatic rings. The first kappa shape index (κ1) is 33.5. The van der Waals surface area contributed by atoms with Crippen LogP contribution in [0.1, 0.15) is 0 Å². The highest BCUT2D eigenvalue weighted by atomic mass is 15.2. The molecule has 4 nitrogen and oxygen atoms in total. The number of para-hydroxylation sites is 2. The molecule has 0 unspecified atom stereocenters. The highest BCUT2D eigenvalue weighted by molar-refractivity contribution is 6.37. The van der Waals surface area contributed by atoms with Crippen molar-refractivity contribution in [1.82, 2.24) is 19.1 Å². The van der Waals surface area contributed by atoms with Gasteiger partial charge in [0.1, 0.15) is 0 Å². The van der Waals surface area contributed by atoms with Gasteiger partial charge >= 0.3 is 0 Å². The molecule has 0 saturated carbocycles. The molecule has 0 aliphatic heterocycles. The Bertz CT molecular complexity index is 4180. The van der Waals surface area contributed by atoms with Gasteiger partial charge in [-0.2, -0.15) is 0 Å². The number of hydrogen-bond acceptors (Lipinski definition) is 2. The van der Waals surface area contributed by atoms with Gasteiger partial charge in [0.2, 0.25) is 5.95 Å². The Morgan fingerprint density at radius 1 is 0.290 bits per heavy atom. The standard InChI is InChI=1S/C58H34N4/c1-2-16-38(17-3-1)61-49-25-13-12-23-44(49)48-34-37(28-31-50(48)61)56-47-29-26-36-15-5-7-19-40(36)57(47)60-58(59-56)62-51-32-27-35-14-4-6-18-39(35)54(51)55-52(62)33-30-46-43-22-9-8-20-41(43)42-21-10-11-24-45(42)53(46)55/h1-34H. The Labute approximate surface area is 355 Å². The van der Waals surface area contributed by atoms with E-state index >= 15 is 0 Å². The van der Waals surface area contributed by atoms with Crippen molar-refractivity contribution in [3.05, 3.63) is 206 Å². The van der Waals surface area contributed by atoms with E-state index < -0.39 is 0 Å². The molecule has 14 rings (SSSR count). The van der Waals surface area contributed by atoms with Gasteiger partial charge in [-0.15, -0.1) is 0 Å². The smallest absolute Gasteiger partial charge is 0.235 e. The first-order valence-corrected chi connectivity index (χ1v) is 21.3. The summed E-state index contributed by atoms with van der Waals surface area (Å²) < 4.78 is 4.69. The molecule has 0 fully saturated rings. The molecule has 0 saturated heterocycles. The van der Waals surface area contributed by atoms with Crippen LogP contribution in [-0.4, -0.2) is 19.1 Å². The van der Waals surface area contributed by atoms with Crippen molar-refractivity contribution in [1.29, 1.82) is 0 Å². The van der Waals surface area contributed by atoms with E-state index in [0.717, 1.165) is 55.2 Å². The van der Waals surface area contributed by atoms with Crippen LogP contribution in [0.4, 0.5) is 0 Å². The minimum absolute atomic E-state index is 0.649. The predicted molar refractivity (Wildman–Crippen MR) is 261 cm³/mol. The average molecular weight is 787 g/mol. The molecule has 0 aliphatic carbocycles. The number of hydrogen-bond donors (Lipinski definition) is 0. The quantitative estimate of drug-likeness (QED) is 0.167. The predicted octanol–water partition coefficient (Wildman–Crippen LogP) is 15.3. The van der Waals surface area contributed by atoms with E-state index in [-0.39, 0.29) is 0 Å². The molecule has 11 aromatic carbocycles. The number of fused-ring (bicyclic) bond motifs is 18. The van der Waals surface area contributed by atoms with Crippen molar-refractivity contribution in [2.24, 2.45) is 0 Å². The monoisotopic (exact) mass is 786 g/mol. The fourth-order valence-electron chi connectivity index (χ4n) is 10.6. The lowest BCUT2D eigenvalue weighted by molar-refractivity contribution is 1.02. The summed E-state index contributed by atoms with van der Waals surface area (Å²) in [5, 5.41) is 18.0. The second kappa shape index (κ2) is 12.6. The summed E-state index contributed by atoms with van der Waals surface area (Å²) in [6, 6.07) is 74.8. The van der Waals surface area contributed by atoms with Gasteiger partial charge in [-0.05, 0) is 91.6 Å². The fourth-order valence-corrected chi connectivity index (χ4v) is 10.6. The third-order valence-corrected chi connectivity index (χ3v) is 13.3. The second-order valence-electron chi connectivity index (χ2n) is 16.5. The number of nitrogens with zero attached hydrogens (tertiary/aromatic N) is 4. The molecule has 3 aromatic heterocycles. The summed E-state index contributed by atoms with van der Waals surface area (Å²) >= 11 is 0. The molecule has 0 amide bonds. The highest BCUT2D eigenvalue weighted by Crippen LogP contribution is 2.46. The van der Waals surface area contributed by atoms with Crippen LogP contribution in [0.25, 0.3) is 131 Å². The normalized spacial score (nSPS) is 12.2. The molecular weight excluding hydrogens is 753 g/mol. The molecule has 0 bridgehead atoms. The molecule has 0 spiro atoms. The van der Waals surface area contributed by atoms with E-state index in [1.54, 1.807) is 0 Å². The Hall–Kier alpha value is -8.34. The molecule has 0 aliphatic rings. The number of aromatic nitrogens is 4. The largest absolute Gasteiger partial charge is 0.309 e. The van der Waals surface area contributed by atoms with Gasteiger partial charge in [-0.1, -0.05) is 158 Å². The van der Waals surface area contributed by atoms with Crippen LogP contribution >= 0.6 is 0 Å². The average Bonchev–Trinajstić information content (AvgIpc) is 3.87. The maximum Gasteiger partial charge on any atom is 0.235 e. The summed E-state index contributed by atoms with van der Waals surface area (Å²) in [7, 11) is 0. The molecule has 286 valence electrons. The van der Waals surface area contributed by atoms with E-state index in [9.17, 15) is 0 Å². The lowest BCUT2D eigenvalue weighted by atomic mass is 9.91. The van der Waals surface area contributed by atoms with Crippen LogP contribution in [0, 0.1) is 0 Å². The summed E-state index contributed by atoms with van der Waals surface area (Å²) in [5.74, 6) is 0.649. The Kier molecular flexibility index (Phi) is 6.80. The fraction of sp³-hybridized carbons (Fsp3) is 0. The van der Waals surface area contributed by atoms with Crippen LogP contribution in [0.5, 0.6) is 0 Å². The van der Waals surface area contributed by atoms with Crippen LogP contribution in [0.2, 0.25) is 0 Å². The zero-order valence-corrected chi connectivity index (χ0v) is 33.4. The molecule has 62 heavy (non-hydrogen) atoms. The van der Waals surface area contributed by atoms with Crippen molar-refractivity contribution < 1.29 is 0 Å². The maximum absolute atomic E-state index is 5.69. The Morgan fingerprint density at radius 3 is 1.61 bits per heavy atom. The molecule has 3 heterocycles. The summed E-state index contributed by atoms with van der Waals surface area (Å²) in [6.07, 6.45) is 0. The third-order valence-electron chi connectivity index (χ3n) is 13.3. The van der Waals surface area contributed by atoms with Crippen LogP contribution in [-0.2, 0) is 0 Å². The molecule has 0 radical (unpaired) electrons.